The van der Waals surface area contributed by atoms with Crippen LogP contribution >= 0.6 is 0 Å². The lowest BCUT2D eigenvalue weighted by Crippen LogP contribution is -2.44. The third-order valence-electron chi connectivity index (χ3n) is 5.69. The van der Waals surface area contributed by atoms with Crippen LogP contribution in [0.25, 0.3) is 0 Å². The maximum absolute atomic E-state index is 12.5. The zero-order valence-electron chi connectivity index (χ0n) is 15.1. The number of carbonyl (C=O) groups excluding carboxylic acids is 2. The first-order valence-electron chi connectivity index (χ1n) is 9.34. The molecule has 6 heteroatoms. The quantitative estimate of drug-likeness (QED) is 0.728. The number of nitrogens with one attached hydrogen (secondary N) is 2. The van der Waals surface area contributed by atoms with E-state index >= 15 is 0 Å². The van der Waals surface area contributed by atoms with Crippen LogP contribution in [0.4, 0.5) is 5.69 Å². The molecule has 0 aliphatic heterocycles. The Morgan fingerprint density at radius 3 is 2.50 bits per heavy atom. The first kappa shape index (κ1) is 18.4. The van der Waals surface area contributed by atoms with Crippen molar-refractivity contribution in [3.8, 4) is 0 Å². The highest BCUT2D eigenvalue weighted by Gasteiger charge is 2.40. The lowest BCUT2D eigenvalue weighted by Gasteiger charge is -2.33. The summed E-state index contributed by atoms with van der Waals surface area (Å²) in [5.74, 6) is -0.676. The fraction of sp³-hybridized carbons (Fsp3) is 0.550. The number of carbonyl (C=O) groups is 3. The molecule has 6 nitrogen and oxygen atoms in total. The fourth-order valence-corrected chi connectivity index (χ4v) is 3.71. The molecule has 2 atom stereocenters. The number of rotatable bonds is 6. The van der Waals surface area contributed by atoms with Crippen LogP contribution in [-0.4, -0.2) is 29.4 Å². The van der Waals surface area contributed by atoms with Crippen LogP contribution < -0.4 is 10.6 Å². The average molecular weight is 358 g/mol. The highest BCUT2D eigenvalue weighted by molar-refractivity contribution is 5.98. The van der Waals surface area contributed by atoms with Crippen LogP contribution in [-0.2, 0) is 9.59 Å². The maximum Gasteiger partial charge on any atom is 0.311 e. The van der Waals surface area contributed by atoms with Gasteiger partial charge in [0.1, 0.15) is 0 Å². The normalized spacial score (nSPS) is 23.7. The molecule has 140 valence electrons. The molecular weight excluding hydrogens is 332 g/mol. The van der Waals surface area contributed by atoms with Gasteiger partial charge in [0, 0.05) is 23.7 Å². The number of hydrogen-bond donors (Lipinski definition) is 3. The molecule has 1 aromatic rings. The standard InChI is InChI=1S/C20H26N2O4/c1-13-10-16(13)18(24)22-15-7-5-6-14(11-15)17(23)21-12-20(19(25)26)8-3-2-4-9-20/h5-7,11,13,16H,2-4,8-10,12H2,1H3,(H,21,23)(H,22,24)(H,25,26). The maximum atomic E-state index is 12.5. The first-order chi connectivity index (χ1) is 12.4. The summed E-state index contributed by atoms with van der Waals surface area (Å²) in [4.78, 5) is 36.2. The third-order valence-corrected chi connectivity index (χ3v) is 5.69. The lowest BCUT2D eigenvalue weighted by molar-refractivity contribution is -0.150. The predicted molar refractivity (Wildman–Crippen MR) is 97.8 cm³/mol. The number of carboxylic acids is 1. The molecule has 3 rings (SSSR count). The molecule has 2 amide bonds. The SMILES string of the molecule is CC1CC1C(=O)Nc1cccc(C(=O)NCC2(C(=O)O)CCCCC2)c1. The fourth-order valence-electron chi connectivity index (χ4n) is 3.71. The summed E-state index contributed by atoms with van der Waals surface area (Å²) in [6, 6.07) is 6.77. The van der Waals surface area contributed by atoms with Gasteiger partial charge < -0.3 is 15.7 Å². The highest BCUT2D eigenvalue weighted by Crippen LogP contribution is 2.38. The van der Waals surface area contributed by atoms with Gasteiger partial charge in [-0.1, -0.05) is 32.3 Å². The van der Waals surface area contributed by atoms with Gasteiger partial charge in [-0.25, -0.2) is 0 Å². The lowest BCUT2D eigenvalue weighted by atomic mass is 9.74. The summed E-state index contributed by atoms with van der Waals surface area (Å²) < 4.78 is 0. The van der Waals surface area contributed by atoms with Crippen molar-refractivity contribution in [1.82, 2.24) is 5.32 Å². The summed E-state index contributed by atoms with van der Waals surface area (Å²) in [6.45, 7) is 2.18. The van der Waals surface area contributed by atoms with Crippen molar-refractivity contribution in [2.24, 2.45) is 17.3 Å². The van der Waals surface area contributed by atoms with Crippen molar-refractivity contribution in [3.05, 3.63) is 29.8 Å². The molecule has 2 unspecified atom stereocenters. The van der Waals surface area contributed by atoms with Crippen LogP contribution in [0.2, 0.25) is 0 Å². The molecule has 26 heavy (non-hydrogen) atoms. The minimum atomic E-state index is -0.859. The molecule has 2 aliphatic rings. The Morgan fingerprint density at radius 1 is 1.19 bits per heavy atom. The van der Waals surface area contributed by atoms with E-state index in [2.05, 4.69) is 10.6 Å². The van der Waals surface area contributed by atoms with Gasteiger partial charge in [-0.2, -0.15) is 0 Å². The summed E-state index contributed by atoms with van der Waals surface area (Å²) in [6.07, 6.45) is 4.90. The zero-order valence-corrected chi connectivity index (χ0v) is 15.1. The minimum absolute atomic E-state index is 0.0120. The van der Waals surface area contributed by atoms with Crippen molar-refractivity contribution in [2.75, 3.05) is 11.9 Å². The second-order valence-electron chi connectivity index (χ2n) is 7.72. The van der Waals surface area contributed by atoms with Gasteiger partial charge >= 0.3 is 5.97 Å². The van der Waals surface area contributed by atoms with E-state index in [9.17, 15) is 19.5 Å². The van der Waals surface area contributed by atoms with Crippen molar-refractivity contribution in [1.29, 1.82) is 0 Å². The number of amides is 2. The van der Waals surface area contributed by atoms with Crippen LogP contribution in [0.5, 0.6) is 0 Å². The molecule has 0 heterocycles. The van der Waals surface area contributed by atoms with Crippen molar-refractivity contribution >= 4 is 23.5 Å². The summed E-state index contributed by atoms with van der Waals surface area (Å²) >= 11 is 0. The van der Waals surface area contributed by atoms with E-state index in [0.717, 1.165) is 25.7 Å². The Balaban J connectivity index is 1.61. The number of benzene rings is 1. The molecule has 2 aliphatic carbocycles. The van der Waals surface area contributed by atoms with Crippen molar-refractivity contribution < 1.29 is 19.5 Å². The van der Waals surface area contributed by atoms with Crippen LogP contribution in [0.3, 0.4) is 0 Å². The van der Waals surface area contributed by atoms with Gasteiger partial charge in [0.15, 0.2) is 0 Å². The highest BCUT2D eigenvalue weighted by atomic mass is 16.4. The van der Waals surface area contributed by atoms with Gasteiger partial charge in [-0.05, 0) is 43.4 Å². The van der Waals surface area contributed by atoms with E-state index < -0.39 is 11.4 Å². The van der Waals surface area contributed by atoms with Crippen LogP contribution in [0, 0.1) is 17.3 Å². The van der Waals surface area contributed by atoms with Gasteiger partial charge in [0.25, 0.3) is 5.91 Å². The molecule has 2 fully saturated rings. The van der Waals surface area contributed by atoms with Crippen LogP contribution in [0.1, 0.15) is 55.8 Å². The molecular formula is C20H26N2O4. The van der Waals surface area contributed by atoms with E-state index in [-0.39, 0.29) is 24.3 Å². The summed E-state index contributed by atoms with van der Waals surface area (Å²) in [7, 11) is 0. The number of aliphatic carboxylic acids is 1. The number of anilines is 1. The van der Waals surface area contributed by atoms with Gasteiger partial charge in [-0.15, -0.1) is 0 Å². The Labute approximate surface area is 153 Å². The predicted octanol–water partition coefficient (Wildman–Crippen LogP) is 3.05. The van der Waals surface area contributed by atoms with E-state index in [4.69, 9.17) is 0 Å². The smallest absolute Gasteiger partial charge is 0.311 e. The molecule has 2 saturated carbocycles. The second-order valence-corrected chi connectivity index (χ2v) is 7.72. The minimum Gasteiger partial charge on any atom is -0.481 e. The molecule has 1 aromatic carbocycles. The molecule has 0 radical (unpaired) electrons. The Hall–Kier alpha value is -2.37. The van der Waals surface area contributed by atoms with Crippen molar-refractivity contribution in [2.45, 2.75) is 45.4 Å². The molecule has 0 spiro atoms. The topological polar surface area (TPSA) is 95.5 Å². The van der Waals surface area contributed by atoms with E-state index in [1.54, 1.807) is 24.3 Å². The average Bonchev–Trinajstić information content (AvgIpc) is 3.37. The number of hydrogen-bond acceptors (Lipinski definition) is 3. The molecule has 0 aromatic heterocycles. The van der Waals surface area contributed by atoms with Gasteiger partial charge in [-0.3, -0.25) is 14.4 Å². The van der Waals surface area contributed by atoms with E-state index in [0.29, 0.717) is 30.0 Å². The summed E-state index contributed by atoms with van der Waals surface area (Å²) in [5.41, 5.74) is 0.150. The third kappa shape index (κ3) is 4.06. The Bertz CT molecular complexity index is 710. The number of carboxylic acid groups (broad SMARTS) is 1. The first-order valence-corrected chi connectivity index (χ1v) is 9.34. The Kier molecular flexibility index (Phi) is 5.30. The van der Waals surface area contributed by atoms with Gasteiger partial charge in [0.2, 0.25) is 5.91 Å². The van der Waals surface area contributed by atoms with Gasteiger partial charge in [0.05, 0.1) is 5.41 Å². The van der Waals surface area contributed by atoms with E-state index in [1.165, 1.54) is 0 Å². The van der Waals surface area contributed by atoms with Crippen LogP contribution in [0.15, 0.2) is 24.3 Å². The zero-order chi connectivity index (χ0) is 18.7. The summed E-state index contributed by atoms with van der Waals surface area (Å²) in [5, 5.41) is 15.2. The monoisotopic (exact) mass is 358 g/mol. The molecule has 3 N–H and O–H groups in total. The van der Waals surface area contributed by atoms with E-state index in [1.807, 2.05) is 6.92 Å². The van der Waals surface area contributed by atoms with Crippen molar-refractivity contribution in [3.63, 3.8) is 0 Å². The molecule has 0 saturated heterocycles. The second kappa shape index (κ2) is 7.48. The molecule has 0 bridgehead atoms. The largest absolute Gasteiger partial charge is 0.481 e. The Morgan fingerprint density at radius 2 is 1.88 bits per heavy atom.